The van der Waals surface area contributed by atoms with Gasteiger partial charge in [0.15, 0.2) is 5.69 Å². The number of hydrogen-bond acceptors (Lipinski definition) is 5. The third kappa shape index (κ3) is 3.78. The van der Waals surface area contributed by atoms with Crippen molar-refractivity contribution in [3.8, 4) is 0 Å². The van der Waals surface area contributed by atoms with Crippen molar-refractivity contribution in [2.75, 3.05) is 26.2 Å². The maximum Gasteiger partial charge on any atom is 0.374 e. The van der Waals surface area contributed by atoms with Gasteiger partial charge in [-0.1, -0.05) is 5.16 Å². The van der Waals surface area contributed by atoms with Crippen molar-refractivity contribution in [1.82, 2.24) is 15.4 Å². The predicted molar refractivity (Wildman–Crippen MR) is 66.1 cm³/mol. The van der Waals surface area contributed by atoms with Gasteiger partial charge in [-0.25, -0.2) is 4.79 Å². The first-order chi connectivity index (χ1) is 9.16. The van der Waals surface area contributed by atoms with Gasteiger partial charge in [0.2, 0.25) is 5.76 Å². The van der Waals surface area contributed by atoms with Crippen LogP contribution in [0.1, 0.15) is 40.3 Å². The van der Waals surface area contributed by atoms with Gasteiger partial charge in [-0.05, 0) is 38.9 Å². The number of carbonyl (C=O) groups excluding carboxylic acids is 1. The van der Waals surface area contributed by atoms with Gasteiger partial charge in [-0.3, -0.25) is 4.79 Å². The number of carboxylic acids is 1. The second-order valence-electron chi connectivity index (χ2n) is 4.54. The van der Waals surface area contributed by atoms with Crippen LogP contribution in [0, 0.1) is 0 Å². The maximum atomic E-state index is 11.6. The van der Waals surface area contributed by atoms with Gasteiger partial charge in [0.05, 0.1) is 0 Å². The smallest absolute Gasteiger partial charge is 0.374 e. The minimum atomic E-state index is -1.24. The third-order valence-electron chi connectivity index (χ3n) is 3.09. The summed E-state index contributed by atoms with van der Waals surface area (Å²) in [6.07, 6.45) is 3.38. The maximum absolute atomic E-state index is 11.6. The summed E-state index contributed by atoms with van der Waals surface area (Å²) in [7, 11) is 0. The fraction of sp³-hybridized carbons (Fsp3) is 0.583. The zero-order valence-corrected chi connectivity index (χ0v) is 10.6. The van der Waals surface area contributed by atoms with Crippen LogP contribution < -0.4 is 5.32 Å². The Labute approximate surface area is 110 Å². The Kier molecular flexibility index (Phi) is 4.51. The number of amides is 1. The van der Waals surface area contributed by atoms with Crippen LogP contribution in [0.4, 0.5) is 0 Å². The van der Waals surface area contributed by atoms with Crippen molar-refractivity contribution < 1.29 is 19.2 Å². The molecule has 2 heterocycles. The molecule has 104 valence electrons. The van der Waals surface area contributed by atoms with Gasteiger partial charge in [0.1, 0.15) is 0 Å². The topological polar surface area (TPSA) is 95.7 Å². The van der Waals surface area contributed by atoms with Crippen LogP contribution in [0.2, 0.25) is 0 Å². The summed E-state index contributed by atoms with van der Waals surface area (Å²) < 4.78 is 4.52. The molecule has 0 radical (unpaired) electrons. The number of nitrogens with one attached hydrogen (secondary N) is 1. The number of carbonyl (C=O) groups is 2. The molecule has 1 aromatic heterocycles. The quantitative estimate of drug-likeness (QED) is 0.732. The van der Waals surface area contributed by atoms with Crippen molar-refractivity contribution in [3.63, 3.8) is 0 Å². The molecule has 0 saturated carbocycles. The molecule has 1 fully saturated rings. The molecule has 19 heavy (non-hydrogen) atoms. The third-order valence-corrected chi connectivity index (χ3v) is 3.09. The van der Waals surface area contributed by atoms with E-state index in [4.69, 9.17) is 5.11 Å². The molecule has 7 heteroatoms. The Morgan fingerprint density at radius 1 is 1.42 bits per heavy atom. The molecule has 0 bridgehead atoms. The number of hydrogen-bond donors (Lipinski definition) is 2. The number of aromatic carboxylic acids is 1. The number of likely N-dealkylation sites (tertiary alicyclic amines) is 1. The second-order valence-corrected chi connectivity index (χ2v) is 4.54. The summed E-state index contributed by atoms with van der Waals surface area (Å²) in [5.74, 6) is -1.97. The fourth-order valence-electron chi connectivity index (χ4n) is 2.08. The first kappa shape index (κ1) is 13.5. The lowest BCUT2D eigenvalue weighted by atomic mass is 10.3. The van der Waals surface area contributed by atoms with Crippen LogP contribution in [0.25, 0.3) is 0 Å². The molecule has 0 unspecified atom stereocenters. The van der Waals surface area contributed by atoms with Crippen LogP contribution in [0.3, 0.4) is 0 Å². The molecule has 1 aliphatic heterocycles. The first-order valence-electron chi connectivity index (χ1n) is 6.37. The van der Waals surface area contributed by atoms with E-state index in [9.17, 15) is 9.59 Å². The summed E-state index contributed by atoms with van der Waals surface area (Å²) in [5, 5.41) is 14.8. The number of aromatic nitrogens is 1. The average molecular weight is 267 g/mol. The zero-order valence-electron chi connectivity index (χ0n) is 10.6. The van der Waals surface area contributed by atoms with Crippen molar-refractivity contribution in [3.05, 3.63) is 17.5 Å². The largest absolute Gasteiger partial charge is 0.475 e. The molecular formula is C12H17N3O4. The summed E-state index contributed by atoms with van der Waals surface area (Å²) in [6, 6.07) is 1.12. The van der Waals surface area contributed by atoms with Crippen LogP contribution in [0.15, 0.2) is 10.6 Å². The van der Waals surface area contributed by atoms with Crippen LogP contribution >= 0.6 is 0 Å². The molecule has 2 rings (SSSR count). The first-order valence-corrected chi connectivity index (χ1v) is 6.37. The van der Waals surface area contributed by atoms with Gasteiger partial charge in [-0.15, -0.1) is 0 Å². The van der Waals surface area contributed by atoms with Gasteiger partial charge in [-0.2, -0.15) is 0 Å². The Hall–Kier alpha value is -1.89. The standard InChI is InChI=1S/C12H17N3O4/c16-11(9-8-10(12(17)18)19-14-9)13-4-3-7-15-5-1-2-6-15/h8H,1-7H2,(H,13,16)(H,17,18). The number of nitrogens with zero attached hydrogens (tertiary/aromatic N) is 2. The molecular weight excluding hydrogens is 250 g/mol. The Bertz CT molecular complexity index is 452. The summed E-state index contributed by atoms with van der Waals surface area (Å²) in [5.41, 5.74) is -0.00132. The minimum absolute atomic E-state index is 0.00132. The lowest BCUT2D eigenvalue weighted by Crippen LogP contribution is -2.28. The van der Waals surface area contributed by atoms with E-state index in [2.05, 4.69) is 19.9 Å². The Morgan fingerprint density at radius 2 is 2.16 bits per heavy atom. The Morgan fingerprint density at radius 3 is 2.79 bits per heavy atom. The lowest BCUT2D eigenvalue weighted by Gasteiger charge is -2.13. The highest BCUT2D eigenvalue weighted by atomic mass is 16.5. The SMILES string of the molecule is O=C(NCCCN1CCCC1)c1cc(C(=O)O)on1. The van der Waals surface area contributed by atoms with E-state index >= 15 is 0 Å². The highest BCUT2D eigenvalue weighted by Crippen LogP contribution is 2.07. The average Bonchev–Trinajstić information content (AvgIpc) is 3.05. The monoisotopic (exact) mass is 267 g/mol. The van der Waals surface area contributed by atoms with Gasteiger partial charge >= 0.3 is 5.97 Å². The Balaban J connectivity index is 1.69. The second kappa shape index (κ2) is 6.33. The van der Waals surface area contributed by atoms with Crippen LogP contribution in [-0.4, -0.2) is 53.2 Å². The molecule has 7 nitrogen and oxygen atoms in total. The van der Waals surface area contributed by atoms with Gasteiger partial charge < -0.3 is 19.8 Å². The molecule has 1 aromatic rings. The van der Waals surface area contributed by atoms with E-state index in [1.165, 1.54) is 12.8 Å². The van der Waals surface area contributed by atoms with E-state index in [0.717, 1.165) is 32.1 Å². The summed E-state index contributed by atoms with van der Waals surface area (Å²) >= 11 is 0. The molecule has 1 saturated heterocycles. The van der Waals surface area contributed by atoms with E-state index in [-0.39, 0.29) is 11.5 Å². The van der Waals surface area contributed by atoms with Crippen molar-refractivity contribution in [2.45, 2.75) is 19.3 Å². The molecule has 1 aliphatic rings. The van der Waals surface area contributed by atoms with Crippen LogP contribution in [0.5, 0.6) is 0 Å². The predicted octanol–water partition coefficient (Wildman–Crippen LogP) is 0.588. The van der Waals surface area contributed by atoms with Crippen molar-refractivity contribution >= 4 is 11.9 Å². The van der Waals surface area contributed by atoms with Gasteiger partial charge in [0.25, 0.3) is 5.91 Å². The molecule has 0 aliphatic carbocycles. The highest BCUT2D eigenvalue weighted by molar-refractivity contribution is 5.94. The number of rotatable bonds is 6. The minimum Gasteiger partial charge on any atom is -0.475 e. The van der Waals surface area contributed by atoms with Crippen molar-refractivity contribution in [2.24, 2.45) is 0 Å². The zero-order chi connectivity index (χ0) is 13.7. The normalized spacial score (nSPS) is 15.6. The van der Waals surface area contributed by atoms with Gasteiger partial charge in [0, 0.05) is 12.6 Å². The van der Waals surface area contributed by atoms with E-state index < -0.39 is 11.9 Å². The van der Waals surface area contributed by atoms with E-state index in [0.29, 0.717) is 6.54 Å². The van der Waals surface area contributed by atoms with E-state index in [1.807, 2.05) is 0 Å². The van der Waals surface area contributed by atoms with Crippen LogP contribution in [-0.2, 0) is 0 Å². The fourth-order valence-corrected chi connectivity index (χ4v) is 2.08. The molecule has 2 N–H and O–H groups in total. The molecule has 0 atom stereocenters. The molecule has 0 aromatic carbocycles. The number of carboxylic acid groups (broad SMARTS) is 1. The summed E-state index contributed by atoms with van der Waals surface area (Å²) in [6.45, 7) is 3.79. The molecule has 1 amide bonds. The van der Waals surface area contributed by atoms with Crippen molar-refractivity contribution in [1.29, 1.82) is 0 Å². The summed E-state index contributed by atoms with van der Waals surface area (Å²) in [4.78, 5) is 24.6. The highest BCUT2D eigenvalue weighted by Gasteiger charge is 2.16. The lowest BCUT2D eigenvalue weighted by molar-refractivity contribution is 0.0651. The van der Waals surface area contributed by atoms with E-state index in [1.54, 1.807) is 0 Å². The molecule has 0 spiro atoms.